The van der Waals surface area contributed by atoms with Gasteiger partial charge in [0.25, 0.3) is 0 Å². The van der Waals surface area contributed by atoms with Gasteiger partial charge in [-0.1, -0.05) is 24.3 Å². The average molecular weight is 371 g/mol. The molecular weight excluding hydrogens is 344 g/mol. The highest BCUT2D eigenvalue weighted by Gasteiger charge is 2.21. The van der Waals surface area contributed by atoms with Gasteiger partial charge >= 0.3 is 0 Å². The molecule has 1 fully saturated rings. The highest BCUT2D eigenvalue weighted by molar-refractivity contribution is 7.99. The molecule has 0 unspecified atom stereocenters. The number of benzene rings is 1. The third-order valence-electron chi connectivity index (χ3n) is 4.05. The first kappa shape index (κ1) is 18.6. The Morgan fingerprint density at radius 3 is 2.73 bits per heavy atom. The smallest absolute Gasteiger partial charge is 0.213 e. The van der Waals surface area contributed by atoms with E-state index in [4.69, 9.17) is 4.74 Å². The molecule has 26 heavy (non-hydrogen) atoms. The van der Waals surface area contributed by atoms with Crippen LogP contribution in [0.1, 0.15) is 18.4 Å². The minimum atomic E-state index is 0.682. The molecule has 0 spiro atoms. The fraction of sp³-hybridized carbons (Fsp3) is 0.400. The van der Waals surface area contributed by atoms with E-state index in [1.54, 1.807) is 7.05 Å². The summed E-state index contributed by atoms with van der Waals surface area (Å²) in [5.74, 6) is 3.24. The Labute approximate surface area is 159 Å². The maximum absolute atomic E-state index is 5.66. The molecule has 0 aliphatic heterocycles. The SMILES string of the molecule is CN=C(NCCSc1ccccc1)NCc1ccc(OCC2CC2)nc1. The number of ether oxygens (including phenoxy) is 1. The minimum Gasteiger partial charge on any atom is -0.477 e. The van der Waals surface area contributed by atoms with Crippen LogP contribution in [0.5, 0.6) is 5.88 Å². The van der Waals surface area contributed by atoms with Crippen molar-refractivity contribution in [2.45, 2.75) is 24.3 Å². The fourth-order valence-electron chi connectivity index (χ4n) is 2.35. The number of aromatic nitrogens is 1. The molecule has 6 heteroatoms. The van der Waals surface area contributed by atoms with Crippen molar-refractivity contribution in [3.8, 4) is 5.88 Å². The van der Waals surface area contributed by atoms with E-state index in [9.17, 15) is 0 Å². The molecule has 1 aliphatic rings. The number of pyridine rings is 1. The van der Waals surface area contributed by atoms with Gasteiger partial charge in [-0.25, -0.2) is 4.98 Å². The summed E-state index contributed by atoms with van der Waals surface area (Å²) >= 11 is 1.83. The first-order valence-electron chi connectivity index (χ1n) is 9.03. The lowest BCUT2D eigenvalue weighted by Gasteiger charge is -2.12. The van der Waals surface area contributed by atoms with Crippen LogP contribution >= 0.6 is 11.8 Å². The van der Waals surface area contributed by atoms with Gasteiger partial charge in [-0.3, -0.25) is 4.99 Å². The largest absolute Gasteiger partial charge is 0.477 e. The minimum absolute atomic E-state index is 0.682. The van der Waals surface area contributed by atoms with Gasteiger partial charge in [0.15, 0.2) is 5.96 Å². The van der Waals surface area contributed by atoms with Gasteiger partial charge in [0, 0.05) is 43.0 Å². The molecule has 0 amide bonds. The molecule has 1 aromatic carbocycles. The third kappa shape index (κ3) is 6.59. The fourth-order valence-corrected chi connectivity index (χ4v) is 3.14. The van der Waals surface area contributed by atoms with Crippen LogP contribution in [0.15, 0.2) is 58.5 Å². The van der Waals surface area contributed by atoms with E-state index >= 15 is 0 Å². The van der Waals surface area contributed by atoms with Gasteiger partial charge in [-0.05, 0) is 36.5 Å². The number of hydrogen-bond donors (Lipinski definition) is 2. The van der Waals surface area contributed by atoms with E-state index in [1.165, 1.54) is 17.7 Å². The monoisotopic (exact) mass is 370 g/mol. The van der Waals surface area contributed by atoms with Crippen LogP contribution in [0, 0.1) is 5.92 Å². The number of thioether (sulfide) groups is 1. The molecule has 1 saturated carbocycles. The van der Waals surface area contributed by atoms with Crippen LogP contribution in [0.25, 0.3) is 0 Å². The highest BCUT2D eigenvalue weighted by atomic mass is 32.2. The van der Waals surface area contributed by atoms with Gasteiger partial charge in [-0.15, -0.1) is 11.8 Å². The number of nitrogens with one attached hydrogen (secondary N) is 2. The quantitative estimate of drug-likeness (QED) is 0.307. The molecule has 2 N–H and O–H groups in total. The van der Waals surface area contributed by atoms with Gasteiger partial charge in [0.2, 0.25) is 5.88 Å². The van der Waals surface area contributed by atoms with Gasteiger partial charge < -0.3 is 15.4 Å². The molecule has 0 saturated heterocycles. The van der Waals surface area contributed by atoms with E-state index in [-0.39, 0.29) is 0 Å². The Morgan fingerprint density at radius 1 is 1.19 bits per heavy atom. The van der Waals surface area contributed by atoms with Crippen LogP contribution in [0.2, 0.25) is 0 Å². The van der Waals surface area contributed by atoms with E-state index in [2.05, 4.69) is 44.9 Å². The highest BCUT2D eigenvalue weighted by Crippen LogP contribution is 2.29. The Hall–Kier alpha value is -2.21. The van der Waals surface area contributed by atoms with Gasteiger partial charge in [-0.2, -0.15) is 0 Å². The second-order valence-electron chi connectivity index (χ2n) is 6.27. The number of hydrogen-bond acceptors (Lipinski definition) is 4. The van der Waals surface area contributed by atoms with Crippen molar-refractivity contribution in [3.63, 3.8) is 0 Å². The van der Waals surface area contributed by atoms with Crippen molar-refractivity contribution >= 4 is 17.7 Å². The average Bonchev–Trinajstić information content (AvgIpc) is 3.52. The topological polar surface area (TPSA) is 58.5 Å². The number of rotatable bonds is 9. The Bertz CT molecular complexity index is 687. The van der Waals surface area contributed by atoms with Crippen molar-refractivity contribution in [1.82, 2.24) is 15.6 Å². The van der Waals surface area contributed by atoms with Gasteiger partial charge in [0.1, 0.15) is 0 Å². The summed E-state index contributed by atoms with van der Waals surface area (Å²) in [5.41, 5.74) is 1.10. The molecule has 3 rings (SSSR count). The van der Waals surface area contributed by atoms with Gasteiger partial charge in [0.05, 0.1) is 6.61 Å². The maximum Gasteiger partial charge on any atom is 0.213 e. The number of nitrogens with zero attached hydrogens (tertiary/aromatic N) is 2. The Kier molecular flexibility index (Phi) is 7.19. The maximum atomic E-state index is 5.66. The lowest BCUT2D eigenvalue weighted by atomic mass is 10.3. The molecule has 1 heterocycles. The summed E-state index contributed by atoms with van der Waals surface area (Å²) in [7, 11) is 1.78. The van der Waals surface area contributed by atoms with E-state index in [0.717, 1.165) is 36.3 Å². The standard InChI is InChI=1S/C20H26N4OS/c1-21-20(22-11-12-26-18-5-3-2-4-6-18)24-14-17-9-10-19(23-13-17)25-15-16-7-8-16/h2-6,9-10,13,16H,7-8,11-12,14-15H2,1H3,(H2,21,22,24). The molecule has 0 radical (unpaired) electrons. The van der Waals surface area contributed by atoms with Crippen LogP contribution in [0.3, 0.4) is 0 Å². The Balaban J connectivity index is 1.34. The third-order valence-corrected chi connectivity index (χ3v) is 5.07. The van der Waals surface area contributed by atoms with Crippen molar-refractivity contribution in [2.24, 2.45) is 10.9 Å². The predicted octanol–water partition coefficient (Wildman–Crippen LogP) is 3.33. The first-order chi connectivity index (χ1) is 12.8. The second kappa shape index (κ2) is 10.1. The van der Waals surface area contributed by atoms with E-state index in [1.807, 2.05) is 36.2 Å². The second-order valence-corrected chi connectivity index (χ2v) is 7.44. The predicted molar refractivity (Wildman–Crippen MR) is 108 cm³/mol. The summed E-state index contributed by atoms with van der Waals surface area (Å²) in [4.78, 5) is 9.91. The zero-order valence-electron chi connectivity index (χ0n) is 15.1. The van der Waals surface area contributed by atoms with E-state index < -0.39 is 0 Å². The van der Waals surface area contributed by atoms with Crippen molar-refractivity contribution < 1.29 is 4.74 Å². The summed E-state index contributed by atoms with van der Waals surface area (Å²) in [6.45, 7) is 2.33. The Morgan fingerprint density at radius 2 is 2.04 bits per heavy atom. The molecule has 1 aromatic heterocycles. The molecule has 2 aromatic rings. The van der Waals surface area contributed by atoms with E-state index in [0.29, 0.717) is 12.4 Å². The van der Waals surface area contributed by atoms with Crippen molar-refractivity contribution in [1.29, 1.82) is 0 Å². The lowest BCUT2D eigenvalue weighted by molar-refractivity contribution is 0.288. The molecule has 0 atom stereocenters. The number of aliphatic imine (C=N–C) groups is 1. The number of guanidine groups is 1. The molecule has 0 bridgehead atoms. The van der Waals surface area contributed by atoms with Crippen molar-refractivity contribution in [2.75, 3.05) is 26.0 Å². The molecule has 5 nitrogen and oxygen atoms in total. The lowest BCUT2D eigenvalue weighted by Crippen LogP contribution is -2.37. The van der Waals surface area contributed by atoms with Crippen LogP contribution < -0.4 is 15.4 Å². The summed E-state index contributed by atoms with van der Waals surface area (Å²) in [6.07, 6.45) is 4.43. The first-order valence-corrected chi connectivity index (χ1v) is 10.0. The zero-order chi connectivity index (χ0) is 18.0. The summed E-state index contributed by atoms with van der Waals surface area (Å²) in [6, 6.07) is 14.4. The van der Waals surface area contributed by atoms with Crippen molar-refractivity contribution in [3.05, 3.63) is 54.2 Å². The van der Waals surface area contributed by atoms with Crippen LogP contribution in [-0.4, -0.2) is 36.9 Å². The summed E-state index contributed by atoms with van der Waals surface area (Å²) in [5, 5.41) is 6.65. The molecule has 1 aliphatic carbocycles. The molecular formula is C20H26N4OS. The summed E-state index contributed by atoms with van der Waals surface area (Å²) < 4.78 is 5.66. The normalized spacial score (nSPS) is 14.1. The van der Waals surface area contributed by atoms with Crippen LogP contribution in [-0.2, 0) is 6.54 Å². The molecule has 138 valence electrons. The van der Waals surface area contributed by atoms with Crippen LogP contribution in [0.4, 0.5) is 0 Å². The zero-order valence-corrected chi connectivity index (χ0v) is 16.0.